The summed E-state index contributed by atoms with van der Waals surface area (Å²) < 4.78 is 0. The molecule has 4 heteroatoms. The van der Waals surface area contributed by atoms with E-state index in [1.165, 1.54) is 52.4 Å². The largest absolute Gasteiger partial charge is 0.508 e. The molecule has 1 aromatic heterocycles. The number of benzene rings is 2. The van der Waals surface area contributed by atoms with Crippen molar-refractivity contribution in [1.29, 1.82) is 0 Å². The first-order valence-corrected chi connectivity index (χ1v) is 11.3. The van der Waals surface area contributed by atoms with Gasteiger partial charge < -0.3 is 5.11 Å². The van der Waals surface area contributed by atoms with E-state index in [0.717, 1.165) is 13.1 Å². The van der Waals surface area contributed by atoms with Crippen molar-refractivity contribution in [3.05, 3.63) is 76.7 Å². The SMILES string of the molecule is C[C@H](c1cccc(-c2ccc(CN3CCCC3)s2)c1)N(C)Cc1ccc(O)cc1. The Morgan fingerprint density at radius 3 is 2.55 bits per heavy atom. The minimum Gasteiger partial charge on any atom is -0.508 e. The fourth-order valence-corrected chi connectivity index (χ4v) is 5.06. The van der Waals surface area contributed by atoms with Gasteiger partial charge in [0.1, 0.15) is 5.75 Å². The summed E-state index contributed by atoms with van der Waals surface area (Å²) in [5.74, 6) is 0.317. The van der Waals surface area contributed by atoms with E-state index in [-0.39, 0.29) is 0 Å². The smallest absolute Gasteiger partial charge is 0.115 e. The zero-order valence-corrected chi connectivity index (χ0v) is 18.2. The highest BCUT2D eigenvalue weighted by Crippen LogP contribution is 2.32. The van der Waals surface area contributed by atoms with Crippen LogP contribution in [0.3, 0.4) is 0 Å². The van der Waals surface area contributed by atoms with Crippen molar-refractivity contribution in [1.82, 2.24) is 9.80 Å². The maximum absolute atomic E-state index is 9.48. The molecule has 1 atom stereocenters. The number of hydrogen-bond donors (Lipinski definition) is 1. The molecule has 1 aliphatic heterocycles. The highest BCUT2D eigenvalue weighted by atomic mass is 32.1. The number of nitrogens with zero attached hydrogens (tertiary/aromatic N) is 2. The van der Waals surface area contributed by atoms with Gasteiger partial charge in [0.05, 0.1) is 0 Å². The number of likely N-dealkylation sites (tertiary alicyclic amines) is 1. The van der Waals surface area contributed by atoms with Gasteiger partial charge in [0.25, 0.3) is 0 Å². The van der Waals surface area contributed by atoms with Crippen LogP contribution < -0.4 is 0 Å². The monoisotopic (exact) mass is 406 g/mol. The topological polar surface area (TPSA) is 26.7 Å². The number of phenols is 1. The van der Waals surface area contributed by atoms with Crippen LogP contribution in [0.4, 0.5) is 0 Å². The van der Waals surface area contributed by atoms with Crippen LogP contribution in [0.15, 0.2) is 60.7 Å². The van der Waals surface area contributed by atoms with Crippen LogP contribution in [-0.2, 0) is 13.1 Å². The Morgan fingerprint density at radius 1 is 1.03 bits per heavy atom. The molecule has 29 heavy (non-hydrogen) atoms. The van der Waals surface area contributed by atoms with Gasteiger partial charge in [0.2, 0.25) is 0 Å². The molecular formula is C25H30N2OS. The predicted octanol–water partition coefficient (Wildman–Crippen LogP) is 5.91. The maximum Gasteiger partial charge on any atom is 0.115 e. The van der Waals surface area contributed by atoms with Crippen molar-refractivity contribution in [2.75, 3.05) is 20.1 Å². The normalized spacial score (nSPS) is 15.8. The lowest BCUT2D eigenvalue weighted by Crippen LogP contribution is -2.21. The summed E-state index contributed by atoms with van der Waals surface area (Å²) in [5, 5.41) is 9.48. The second-order valence-corrected chi connectivity index (χ2v) is 9.30. The molecule has 0 saturated carbocycles. The molecule has 3 nitrogen and oxygen atoms in total. The molecule has 4 rings (SSSR count). The van der Waals surface area contributed by atoms with E-state index >= 15 is 0 Å². The summed E-state index contributed by atoms with van der Waals surface area (Å²) in [6.45, 7) is 6.69. The molecule has 1 aliphatic rings. The molecule has 1 N–H and O–H groups in total. The van der Waals surface area contributed by atoms with E-state index in [9.17, 15) is 5.11 Å². The Hall–Kier alpha value is -2.14. The predicted molar refractivity (Wildman–Crippen MR) is 122 cm³/mol. The van der Waals surface area contributed by atoms with Crippen LogP contribution in [0.2, 0.25) is 0 Å². The van der Waals surface area contributed by atoms with Gasteiger partial charge in [-0.25, -0.2) is 0 Å². The van der Waals surface area contributed by atoms with E-state index in [4.69, 9.17) is 0 Å². The van der Waals surface area contributed by atoms with Crippen LogP contribution in [-0.4, -0.2) is 35.0 Å². The Kier molecular flexibility index (Phi) is 6.34. The van der Waals surface area contributed by atoms with Gasteiger partial charge in [-0.1, -0.05) is 30.3 Å². The summed E-state index contributed by atoms with van der Waals surface area (Å²) in [7, 11) is 2.16. The van der Waals surface area contributed by atoms with Gasteiger partial charge in [-0.15, -0.1) is 11.3 Å². The van der Waals surface area contributed by atoms with E-state index in [1.54, 1.807) is 12.1 Å². The summed E-state index contributed by atoms with van der Waals surface area (Å²) >= 11 is 1.93. The minimum absolute atomic E-state index is 0.313. The van der Waals surface area contributed by atoms with Crippen molar-refractivity contribution in [3.63, 3.8) is 0 Å². The van der Waals surface area contributed by atoms with Gasteiger partial charge in [-0.05, 0) is 86.9 Å². The molecule has 2 heterocycles. The third-order valence-electron chi connectivity index (χ3n) is 5.92. The Bertz CT molecular complexity index is 928. The average Bonchev–Trinajstić information content (AvgIpc) is 3.42. The lowest BCUT2D eigenvalue weighted by atomic mass is 10.0. The summed E-state index contributed by atoms with van der Waals surface area (Å²) in [4.78, 5) is 7.73. The second-order valence-electron chi connectivity index (χ2n) is 8.13. The third-order valence-corrected chi connectivity index (χ3v) is 7.04. The fourth-order valence-electron chi connectivity index (χ4n) is 4.01. The van der Waals surface area contributed by atoms with Crippen LogP contribution in [0.25, 0.3) is 10.4 Å². The van der Waals surface area contributed by atoms with E-state index in [1.807, 2.05) is 23.5 Å². The van der Waals surface area contributed by atoms with Crippen molar-refractivity contribution < 1.29 is 5.11 Å². The Balaban J connectivity index is 1.44. The molecule has 0 bridgehead atoms. The molecule has 1 saturated heterocycles. The fraction of sp³-hybridized carbons (Fsp3) is 0.360. The average molecular weight is 407 g/mol. The van der Waals surface area contributed by atoms with Crippen molar-refractivity contribution >= 4 is 11.3 Å². The van der Waals surface area contributed by atoms with Crippen molar-refractivity contribution in [2.24, 2.45) is 0 Å². The molecule has 0 radical (unpaired) electrons. The molecule has 0 unspecified atom stereocenters. The highest BCUT2D eigenvalue weighted by Gasteiger charge is 2.15. The van der Waals surface area contributed by atoms with Crippen LogP contribution in [0.1, 0.15) is 41.8 Å². The molecular weight excluding hydrogens is 376 g/mol. The molecule has 0 spiro atoms. The number of rotatable bonds is 7. The van der Waals surface area contributed by atoms with E-state index in [0.29, 0.717) is 11.8 Å². The van der Waals surface area contributed by atoms with Gasteiger partial charge >= 0.3 is 0 Å². The summed E-state index contributed by atoms with van der Waals surface area (Å²) in [6, 6.07) is 21.3. The summed E-state index contributed by atoms with van der Waals surface area (Å²) in [5.41, 5.74) is 3.85. The van der Waals surface area contributed by atoms with E-state index in [2.05, 4.69) is 60.2 Å². The van der Waals surface area contributed by atoms with Crippen LogP contribution in [0, 0.1) is 0 Å². The third kappa shape index (κ3) is 5.08. The number of thiophene rings is 1. The Morgan fingerprint density at radius 2 is 1.79 bits per heavy atom. The van der Waals surface area contributed by atoms with Gasteiger partial charge in [-0.2, -0.15) is 0 Å². The first-order valence-electron chi connectivity index (χ1n) is 10.5. The number of phenolic OH excluding ortho intramolecular Hbond substituents is 1. The zero-order chi connectivity index (χ0) is 20.2. The quantitative estimate of drug-likeness (QED) is 0.528. The maximum atomic E-state index is 9.48. The molecule has 152 valence electrons. The molecule has 2 aromatic carbocycles. The second kappa shape index (κ2) is 9.12. The van der Waals surface area contributed by atoms with Gasteiger partial charge in [0.15, 0.2) is 0 Å². The minimum atomic E-state index is 0.313. The van der Waals surface area contributed by atoms with Crippen LogP contribution in [0.5, 0.6) is 5.75 Å². The Labute approximate surface area is 178 Å². The number of aromatic hydroxyl groups is 1. The lowest BCUT2D eigenvalue weighted by molar-refractivity contribution is 0.253. The first-order chi connectivity index (χ1) is 14.1. The van der Waals surface area contributed by atoms with Crippen molar-refractivity contribution in [3.8, 4) is 16.2 Å². The summed E-state index contributed by atoms with van der Waals surface area (Å²) in [6.07, 6.45) is 2.69. The molecule has 0 amide bonds. The lowest BCUT2D eigenvalue weighted by Gasteiger charge is -2.25. The first kappa shape index (κ1) is 20.1. The molecule has 1 fully saturated rings. The van der Waals surface area contributed by atoms with Gasteiger partial charge in [-0.3, -0.25) is 9.80 Å². The molecule has 3 aromatic rings. The molecule has 0 aliphatic carbocycles. The van der Waals surface area contributed by atoms with Gasteiger partial charge in [0, 0.05) is 28.9 Å². The van der Waals surface area contributed by atoms with Crippen LogP contribution >= 0.6 is 11.3 Å². The standard InChI is InChI=1S/C25H30N2OS/c1-19(26(2)17-20-8-10-23(28)11-9-20)21-6-5-7-22(16-21)25-13-12-24(29-25)18-27-14-3-4-15-27/h5-13,16,19,28H,3-4,14-15,17-18H2,1-2H3/t19-/m1/s1. The van der Waals surface area contributed by atoms with Crippen molar-refractivity contribution in [2.45, 2.75) is 38.9 Å². The number of hydrogen-bond acceptors (Lipinski definition) is 4. The highest BCUT2D eigenvalue weighted by molar-refractivity contribution is 7.15. The van der Waals surface area contributed by atoms with E-state index < -0.39 is 0 Å². The zero-order valence-electron chi connectivity index (χ0n) is 17.3.